The fourth-order valence-corrected chi connectivity index (χ4v) is 4.05. The van der Waals surface area contributed by atoms with Crippen molar-refractivity contribution in [2.45, 2.75) is 71.6 Å². The van der Waals surface area contributed by atoms with Crippen LogP contribution in [0.3, 0.4) is 0 Å². The summed E-state index contributed by atoms with van der Waals surface area (Å²) in [5, 5.41) is 2.59. The van der Waals surface area contributed by atoms with Gasteiger partial charge in [0, 0.05) is 0 Å². The fraction of sp³-hybridized carbons (Fsp3) is 0.520. The molecule has 140 valence electrons. The predicted molar refractivity (Wildman–Crippen MR) is 114 cm³/mol. The van der Waals surface area contributed by atoms with Crippen molar-refractivity contribution >= 4 is 16.3 Å². The third-order valence-electron chi connectivity index (χ3n) is 5.67. The largest absolute Gasteiger partial charge is 0.494 e. The van der Waals surface area contributed by atoms with Crippen LogP contribution in [-0.2, 0) is 0 Å². The lowest BCUT2D eigenvalue weighted by Crippen LogP contribution is -2.05. The highest BCUT2D eigenvalue weighted by Gasteiger charge is 2.14. The molecule has 0 saturated carbocycles. The summed E-state index contributed by atoms with van der Waals surface area (Å²) >= 11 is 0. The molecule has 0 heterocycles. The number of ether oxygens (including phenoxy) is 1. The van der Waals surface area contributed by atoms with Gasteiger partial charge in [-0.3, -0.25) is 0 Å². The zero-order valence-electron chi connectivity index (χ0n) is 16.6. The van der Waals surface area contributed by atoms with Crippen molar-refractivity contribution in [3.05, 3.63) is 48.0 Å². The average Bonchev–Trinajstić information content (AvgIpc) is 2.68. The van der Waals surface area contributed by atoms with Crippen LogP contribution < -0.4 is 4.74 Å². The van der Waals surface area contributed by atoms with Crippen LogP contribution in [0.2, 0.25) is 0 Å². The first-order chi connectivity index (χ1) is 12.8. The first kappa shape index (κ1) is 19.0. The second-order valence-corrected chi connectivity index (χ2v) is 7.79. The highest BCUT2D eigenvalue weighted by molar-refractivity contribution is 5.87. The Labute approximate surface area is 159 Å². The van der Waals surface area contributed by atoms with Gasteiger partial charge >= 0.3 is 0 Å². The van der Waals surface area contributed by atoms with E-state index in [2.05, 4.69) is 56.3 Å². The Morgan fingerprint density at radius 1 is 0.923 bits per heavy atom. The van der Waals surface area contributed by atoms with Gasteiger partial charge in [-0.05, 0) is 71.7 Å². The van der Waals surface area contributed by atoms with Gasteiger partial charge in [0.15, 0.2) is 0 Å². The maximum absolute atomic E-state index is 5.93. The SMILES string of the molecule is CCCCCCOc1ccc2cc(C3=CCC(CCC)CC3)ccc2c1. The molecule has 1 unspecified atom stereocenters. The minimum absolute atomic E-state index is 0.829. The van der Waals surface area contributed by atoms with Crippen LogP contribution in [0, 0.1) is 5.92 Å². The Balaban J connectivity index is 1.63. The topological polar surface area (TPSA) is 9.23 Å². The second kappa shape index (κ2) is 9.80. The molecule has 2 aromatic carbocycles. The van der Waals surface area contributed by atoms with E-state index in [0.717, 1.165) is 24.7 Å². The molecule has 1 aliphatic rings. The summed E-state index contributed by atoms with van der Waals surface area (Å²) in [4.78, 5) is 0. The van der Waals surface area contributed by atoms with Crippen molar-refractivity contribution in [1.82, 2.24) is 0 Å². The Bertz CT molecular complexity index is 728. The Morgan fingerprint density at radius 2 is 1.77 bits per heavy atom. The maximum Gasteiger partial charge on any atom is 0.119 e. The molecule has 26 heavy (non-hydrogen) atoms. The standard InChI is InChI=1S/C25H34O/c1-3-5-6-7-17-26-25-16-15-23-18-22(13-14-24(23)19-25)21-11-9-20(8-4-2)10-12-21/h11,13-16,18-20H,3-10,12,17H2,1-2H3. The molecule has 0 N–H and O–H groups in total. The van der Waals surface area contributed by atoms with E-state index in [1.54, 1.807) is 0 Å². The molecule has 2 aromatic rings. The lowest BCUT2D eigenvalue weighted by molar-refractivity contribution is 0.305. The molecule has 0 fully saturated rings. The molecular weight excluding hydrogens is 316 g/mol. The first-order valence-electron chi connectivity index (χ1n) is 10.7. The molecule has 0 aromatic heterocycles. The van der Waals surface area contributed by atoms with Crippen LogP contribution in [0.15, 0.2) is 42.5 Å². The van der Waals surface area contributed by atoms with E-state index in [1.807, 2.05) is 0 Å². The van der Waals surface area contributed by atoms with Gasteiger partial charge < -0.3 is 4.74 Å². The lowest BCUT2D eigenvalue weighted by Gasteiger charge is -2.21. The molecule has 0 aliphatic heterocycles. The van der Waals surface area contributed by atoms with Crippen molar-refractivity contribution in [3.63, 3.8) is 0 Å². The third-order valence-corrected chi connectivity index (χ3v) is 5.67. The van der Waals surface area contributed by atoms with Crippen LogP contribution in [0.25, 0.3) is 16.3 Å². The highest BCUT2D eigenvalue weighted by atomic mass is 16.5. The lowest BCUT2D eigenvalue weighted by atomic mass is 9.84. The number of benzene rings is 2. The van der Waals surface area contributed by atoms with Crippen molar-refractivity contribution in [1.29, 1.82) is 0 Å². The van der Waals surface area contributed by atoms with Crippen molar-refractivity contribution in [3.8, 4) is 5.75 Å². The minimum atomic E-state index is 0.829. The number of fused-ring (bicyclic) bond motifs is 1. The van der Waals surface area contributed by atoms with E-state index in [4.69, 9.17) is 4.74 Å². The van der Waals surface area contributed by atoms with Gasteiger partial charge in [0.05, 0.1) is 6.61 Å². The van der Waals surface area contributed by atoms with E-state index >= 15 is 0 Å². The third kappa shape index (κ3) is 5.13. The molecule has 0 spiro atoms. The van der Waals surface area contributed by atoms with Crippen molar-refractivity contribution < 1.29 is 4.74 Å². The van der Waals surface area contributed by atoms with Crippen molar-refractivity contribution in [2.24, 2.45) is 5.92 Å². The number of allylic oxidation sites excluding steroid dienone is 2. The quantitative estimate of drug-likeness (QED) is 0.419. The van der Waals surface area contributed by atoms with Crippen LogP contribution >= 0.6 is 0 Å². The molecule has 1 atom stereocenters. The Hall–Kier alpha value is -1.76. The number of unbranched alkanes of at least 4 members (excludes halogenated alkanes) is 3. The minimum Gasteiger partial charge on any atom is -0.494 e. The van der Waals surface area contributed by atoms with E-state index in [-0.39, 0.29) is 0 Å². The number of hydrogen-bond acceptors (Lipinski definition) is 1. The summed E-state index contributed by atoms with van der Waals surface area (Å²) in [5.41, 5.74) is 2.94. The van der Waals surface area contributed by atoms with Crippen LogP contribution in [0.1, 0.15) is 77.2 Å². The molecule has 0 radical (unpaired) electrons. The van der Waals surface area contributed by atoms with Gasteiger partial charge in [-0.1, -0.05) is 70.2 Å². The summed E-state index contributed by atoms with van der Waals surface area (Å²) in [6, 6.07) is 13.4. The fourth-order valence-electron chi connectivity index (χ4n) is 4.05. The Morgan fingerprint density at radius 3 is 2.54 bits per heavy atom. The molecule has 0 saturated heterocycles. The normalized spacial score (nSPS) is 17.3. The van der Waals surface area contributed by atoms with Crippen LogP contribution in [-0.4, -0.2) is 6.61 Å². The molecule has 1 aliphatic carbocycles. The van der Waals surface area contributed by atoms with Gasteiger partial charge in [-0.25, -0.2) is 0 Å². The molecule has 0 amide bonds. The molecule has 1 nitrogen and oxygen atoms in total. The second-order valence-electron chi connectivity index (χ2n) is 7.79. The van der Waals surface area contributed by atoms with E-state index in [9.17, 15) is 0 Å². The monoisotopic (exact) mass is 350 g/mol. The zero-order chi connectivity index (χ0) is 18.2. The molecule has 1 heteroatoms. The zero-order valence-corrected chi connectivity index (χ0v) is 16.6. The maximum atomic E-state index is 5.93. The summed E-state index contributed by atoms with van der Waals surface area (Å²) in [6.45, 7) is 5.37. The van der Waals surface area contributed by atoms with Gasteiger partial charge in [0.1, 0.15) is 5.75 Å². The molecular formula is C25H34O. The van der Waals surface area contributed by atoms with Gasteiger partial charge in [0.2, 0.25) is 0 Å². The van der Waals surface area contributed by atoms with Gasteiger partial charge in [-0.15, -0.1) is 0 Å². The van der Waals surface area contributed by atoms with Gasteiger partial charge in [-0.2, -0.15) is 0 Å². The van der Waals surface area contributed by atoms with Crippen LogP contribution in [0.5, 0.6) is 5.75 Å². The predicted octanol–water partition coefficient (Wildman–Crippen LogP) is 7.78. The molecule has 0 bridgehead atoms. The number of rotatable bonds is 9. The summed E-state index contributed by atoms with van der Waals surface area (Å²) < 4.78 is 5.93. The highest BCUT2D eigenvalue weighted by Crippen LogP contribution is 2.34. The Kier molecular flexibility index (Phi) is 7.17. The smallest absolute Gasteiger partial charge is 0.119 e. The summed E-state index contributed by atoms with van der Waals surface area (Å²) in [5.74, 6) is 1.90. The number of hydrogen-bond donors (Lipinski definition) is 0. The van der Waals surface area contributed by atoms with E-state index < -0.39 is 0 Å². The average molecular weight is 351 g/mol. The van der Waals surface area contributed by atoms with Crippen molar-refractivity contribution in [2.75, 3.05) is 6.61 Å². The van der Waals surface area contributed by atoms with E-state index in [1.165, 1.54) is 73.3 Å². The van der Waals surface area contributed by atoms with E-state index in [0.29, 0.717) is 0 Å². The summed E-state index contributed by atoms with van der Waals surface area (Å²) in [6.07, 6.45) is 14.0. The first-order valence-corrected chi connectivity index (χ1v) is 10.7. The molecule has 3 rings (SSSR count). The van der Waals surface area contributed by atoms with Gasteiger partial charge in [0.25, 0.3) is 0 Å². The van der Waals surface area contributed by atoms with Crippen LogP contribution in [0.4, 0.5) is 0 Å². The summed E-state index contributed by atoms with van der Waals surface area (Å²) in [7, 11) is 0.